The van der Waals surface area contributed by atoms with Crippen molar-refractivity contribution in [2.75, 3.05) is 31.1 Å². The van der Waals surface area contributed by atoms with Crippen molar-refractivity contribution in [3.63, 3.8) is 0 Å². The van der Waals surface area contributed by atoms with Gasteiger partial charge in [0.25, 0.3) is 0 Å². The van der Waals surface area contributed by atoms with Gasteiger partial charge in [0.15, 0.2) is 8.32 Å². The molecule has 60 heavy (non-hydrogen) atoms. The highest BCUT2D eigenvalue weighted by molar-refractivity contribution is 6.74. The van der Waals surface area contributed by atoms with Crippen LogP contribution in [0.5, 0.6) is 5.75 Å². The molecule has 3 aliphatic heterocycles. The number of carbonyl (C=O) groups is 1. The van der Waals surface area contributed by atoms with Crippen molar-refractivity contribution in [1.82, 2.24) is 19.8 Å². The van der Waals surface area contributed by atoms with E-state index in [1.54, 1.807) is 17.0 Å². The second-order valence-corrected chi connectivity index (χ2v) is 23.1. The Morgan fingerprint density at radius 1 is 0.967 bits per heavy atom. The van der Waals surface area contributed by atoms with E-state index in [0.717, 1.165) is 85.2 Å². The van der Waals surface area contributed by atoms with Crippen LogP contribution >= 0.6 is 0 Å². The smallest absolute Gasteiger partial charge is 0.412 e. The molecule has 0 saturated carbocycles. The Balaban J connectivity index is 0.956. The van der Waals surface area contributed by atoms with E-state index in [0.29, 0.717) is 24.5 Å². The van der Waals surface area contributed by atoms with E-state index in [9.17, 15) is 19.8 Å². The number of hydrogen-bond acceptors (Lipinski definition) is 6. The van der Waals surface area contributed by atoms with Gasteiger partial charge in [-0.25, -0.2) is 4.79 Å². The van der Waals surface area contributed by atoms with Crippen LogP contribution in [0.2, 0.25) is 18.1 Å². The zero-order valence-electron chi connectivity index (χ0n) is 35.6. The Hall–Kier alpha value is -5.20. The van der Waals surface area contributed by atoms with Gasteiger partial charge in [-0.15, -0.1) is 0 Å². The van der Waals surface area contributed by atoms with Crippen LogP contribution in [0.15, 0.2) is 108 Å². The molecule has 2 bridgehead atoms. The maximum Gasteiger partial charge on any atom is 0.412 e. The first-order valence-electron chi connectivity index (χ1n) is 21.5. The topological polar surface area (TPSA) is 123 Å². The average Bonchev–Trinajstić information content (AvgIpc) is 3.63. The molecule has 3 fully saturated rings. The summed E-state index contributed by atoms with van der Waals surface area (Å²) in [6.45, 7) is 16.1. The number of aromatic nitrogens is 2. The predicted octanol–water partition coefficient (Wildman–Crippen LogP) is 9.92. The highest BCUT2D eigenvalue weighted by atomic mass is 28.4. The van der Waals surface area contributed by atoms with Crippen molar-refractivity contribution in [3.8, 4) is 16.9 Å². The Kier molecular flexibility index (Phi) is 11.8. The van der Waals surface area contributed by atoms with Crippen LogP contribution in [-0.2, 0) is 23.9 Å². The molecule has 0 radical (unpaired) electrons. The lowest BCUT2D eigenvalue weighted by Crippen LogP contribution is -2.59. The molecular formula is C49H59N5O5Si. The number of rotatable bonds is 14. The summed E-state index contributed by atoms with van der Waals surface area (Å²) in [6.07, 6.45) is 4.85. The number of nitrogens with zero attached hydrogens (tertiary/aromatic N) is 3. The summed E-state index contributed by atoms with van der Waals surface area (Å²) in [7, 11) is -2.20. The Morgan fingerprint density at radius 2 is 1.73 bits per heavy atom. The second kappa shape index (κ2) is 17.0. The fourth-order valence-corrected chi connectivity index (χ4v) is 10.4. The number of aromatic amines is 1. The molecule has 6 aromatic rings. The first kappa shape index (κ1) is 41.5. The molecule has 5 heterocycles. The molecule has 1 amide bonds. The Labute approximate surface area is 353 Å². The molecule has 9 rings (SSSR count). The number of aryl methyl sites for hydroxylation is 2. The van der Waals surface area contributed by atoms with Gasteiger partial charge in [-0.2, -0.15) is 0 Å². The van der Waals surface area contributed by atoms with Gasteiger partial charge in [0.05, 0.1) is 23.3 Å². The van der Waals surface area contributed by atoms with E-state index in [2.05, 4.69) is 114 Å². The van der Waals surface area contributed by atoms with Gasteiger partial charge in [-0.1, -0.05) is 75.4 Å². The van der Waals surface area contributed by atoms with Gasteiger partial charge in [0, 0.05) is 54.9 Å². The number of pyridine rings is 1. The molecule has 11 heteroatoms. The minimum Gasteiger partial charge on any atom is -0.506 e. The molecule has 2 atom stereocenters. The van der Waals surface area contributed by atoms with E-state index in [-0.39, 0.29) is 28.5 Å². The number of anilines is 1. The molecule has 0 spiro atoms. The minimum atomic E-state index is -2.20. The highest BCUT2D eigenvalue weighted by Gasteiger charge is 2.41. The molecule has 2 aromatic heterocycles. The van der Waals surface area contributed by atoms with Crippen molar-refractivity contribution in [3.05, 3.63) is 130 Å². The first-order chi connectivity index (χ1) is 28.8. The third kappa shape index (κ3) is 8.67. The number of piperidine rings is 3. The minimum absolute atomic E-state index is 0.00512. The van der Waals surface area contributed by atoms with Crippen LogP contribution in [-0.4, -0.2) is 71.3 Å². The van der Waals surface area contributed by atoms with Gasteiger partial charge in [-0.3, -0.25) is 9.69 Å². The van der Waals surface area contributed by atoms with E-state index in [1.165, 1.54) is 22.5 Å². The Morgan fingerprint density at radius 3 is 2.45 bits per heavy atom. The number of benzene rings is 4. The molecule has 0 aliphatic carbocycles. The number of nitrogens with one attached hydrogen (secondary N) is 2. The van der Waals surface area contributed by atoms with Crippen LogP contribution in [0.25, 0.3) is 32.9 Å². The molecule has 1 unspecified atom stereocenters. The monoisotopic (exact) mass is 825 g/mol. The molecule has 3 aliphatic rings. The van der Waals surface area contributed by atoms with Gasteiger partial charge < -0.3 is 34.4 Å². The van der Waals surface area contributed by atoms with Gasteiger partial charge in [0.2, 0.25) is 5.56 Å². The number of hydrogen-bond donors (Lipinski definition) is 4. The number of fused-ring (bicyclic) bond motifs is 5. The average molecular weight is 826 g/mol. The zero-order valence-corrected chi connectivity index (χ0v) is 36.6. The molecule has 314 valence electrons. The number of phenols is 1. The Bertz CT molecular complexity index is 2540. The molecular weight excluding hydrogens is 767 g/mol. The van der Waals surface area contributed by atoms with Crippen LogP contribution in [0.4, 0.5) is 10.5 Å². The normalized spacial score (nSPS) is 18.6. The predicted molar refractivity (Wildman–Crippen MR) is 245 cm³/mol. The number of carboxylic acid groups (broad SMARTS) is 1. The van der Waals surface area contributed by atoms with Crippen LogP contribution in [0.3, 0.4) is 0 Å². The maximum absolute atomic E-state index is 13.1. The standard InChI is InChI=1S/C49H59N5O5Si/c1-49(2,3)60(4,5)59-45(39-16-19-44(55)47-40(39)17-20-46(56)51-47)31-50-30-34-14-18-41-37(28-34)23-27-53(41)24-9-10-33-13-15-38(35-11-7-6-8-12-35)42(29-33)54(48(57)58)43-32-52-25-21-36(43)22-26-52/h6-8,11-20,23,27-29,36,43,45,50,55H,9-10,21-22,24-26,30-32H2,1-5H3,(H,51,56)(H,57,58)/t43?,45-/m0/s1. The summed E-state index contributed by atoms with van der Waals surface area (Å²) in [4.78, 5) is 32.1. The maximum atomic E-state index is 13.1. The fraction of sp³-hybridized carbons (Fsp3) is 0.388. The second-order valence-electron chi connectivity index (χ2n) is 18.4. The van der Waals surface area contributed by atoms with Gasteiger partial charge in [-0.05, 0) is 127 Å². The summed E-state index contributed by atoms with van der Waals surface area (Å²) in [6, 6.07) is 32.2. The molecule has 4 N–H and O–H groups in total. The van der Waals surface area contributed by atoms with Crippen molar-refractivity contribution in [2.24, 2.45) is 5.92 Å². The quantitative estimate of drug-likeness (QED) is 0.0807. The number of H-pyrrole nitrogens is 1. The summed E-state index contributed by atoms with van der Waals surface area (Å²) in [5.74, 6) is 0.425. The van der Waals surface area contributed by atoms with Crippen molar-refractivity contribution in [2.45, 2.75) is 89.8 Å². The SMILES string of the molecule is CC(C)(C)[Si](C)(C)O[C@@H](CNCc1ccc2c(ccn2CCCc2ccc(-c3ccccc3)c(N(C(=O)O)C3CN4CCC3CC4)c2)c1)c1ccc(O)c2[nH]c(=O)ccc12. The third-order valence-corrected chi connectivity index (χ3v) is 17.9. The first-order valence-corrected chi connectivity index (χ1v) is 24.4. The van der Waals surface area contributed by atoms with Gasteiger partial charge >= 0.3 is 6.09 Å². The number of amides is 1. The lowest BCUT2D eigenvalue weighted by atomic mass is 9.82. The highest BCUT2D eigenvalue weighted by Crippen LogP contribution is 2.42. The largest absolute Gasteiger partial charge is 0.506 e. The summed E-state index contributed by atoms with van der Waals surface area (Å²) in [5, 5.41) is 26.9. The third-order valence-electron chi connectivity index (χ3n) is 13.4. The summed E-state index contributed by atoms with van der Waals surface area (Å²) < 4.78 is 9.32. The van der Waals surface area contributed by atoms with E-state index in [4.69, 9.17) is 4.43 Å². The molecule has 4 aromatic carbocycles. The van der Waals surface area contributed by atoms with Crippen molar-refractivity contribution in [1.29, 1.82) is 0 Å². The van der Waals surface area contributed by atoms with Crippen molar-refractivity contribution >= 4 is 41.9 Å². The van der Waals surface area contributed by atoms with E-state index in [1.807, 2.05) is 24.3 Å². The molecule has 10 nitrogen and oxygen atoms in total. The fourth-order valence-electron chi connectivity index (χ4n) is 9.09. The lowest BCUT2D eigenvalue weighted by Gasteiger charge is -2.48. The van der Waals surface area contributed by atoms with Crippen LogP contribution in [0, 0.1) is 5.92 Å². The number of phenolic OH excluding ortho intramolecular Hbond substituents is 1. The van der Waals surface area contributed by atoms with Crippen LogP contribution < -0.4 is 15.8 Å². The van der Waals surface area contributed by atoms with Crippen molar-refractivity contribution < 1.29 is 19.4 Å². The summed E-state index contributed by atoms with van der Waals surface area (Å²) in [5.41, 5.74) is 7.38. The van der Waals surface area contributed by atoms with Gasteiger partial charge in [0.1, 0.15) is 5.75 Å². The summed E-state index contributed by atoms with van der Waals surface area (Å²) >= 11 is 0. The molecule has 3 saturated heterocycles. The number of aromatic hydroxyl groups is 1. The van der Waals surface area contributed by atoms with E-state index < -0.39 is 14.4 Å². The van der Waals surface area contributed by atoms with Crippen LogP contribution in [0.1, 0.15) is 62.8 Å². The zero-order chi connectivity index (χ0) is 42.2. The lowest BCUT2D eigenvalue weighted by molar-refractivity contribution is 0.0837. The van der Waals surface area contributed by atoms with E-state index >= 15 is 0 Å².